The molecular formula is C16H18N4O4. The highest BCUT2D eigenvalue weighted by molar-refractivity contribution is 6.26. The molecule has 1 aromatic heterocycles. The number of carbonyl (C=O) groups excluding carboxylic acids is 2. The van der Waals surface area contributed by atoms with Gasteiger partial charge in [-0.2, -0.15) is 0 Å². The van der Waals surface area contributed by atoms with Crippen molar-refractivity contribution in [2.45, 2.75) is 13.0 Å². The van der Waals surface area contributed by atoms with Gasteiger partial charge in [0.05, 0.1) is 13.2 Å². The molecule has 0 saturated carbocycles. The monoisotopic (exact) mass is 330 g/mol. The molecule has 0 amide bonds. The van der Waals surface area contributed by atoms with Crippen molar-refractivity contribution in [3.8, 4) is 0 Å². The van der Waals surface area contributed by atoms with Crippen molar-refractivity contribution in [1.29, 1.82) is 0 Å². The van der Waals surface area contributed by atoms with Crippen molar-refractivity contribution < 1.29 is 19.7 Å². The number of aromatic nitrogens is 3. The third kappa shape index (κ3) is 2.70. The van der Waals surface area contributed by atoms with Crippen LogP contribution in [0.4, 0.5) is 0 Å². The van der Waals surface area contributed by atoms with Crippen LogP contribution in [-0.2, 0) is 6.54 Å². The summed E-state index contributed by atoms with van der Waals surface area (Å²) in [5.74, 6) is -0.757. The minimum atomic E-state index is -0.402. The minimum Gasteiger partial charge on any atom is -0.571 e. The van der Waals surface area contributed by atoms with E-state index in [4.69, 9.17) is 5.11 Å². The molecule has 1 aliphatic rings. The molecule has 1 aromatic carbocycles. The van der Waals surface area contributed by atoms with Crippen LogP contribution in [-0.4, -0.2) is 58.1 Å². The van der Waals surface area contributed by atoms with E-state index in [0.29, 0.717) is 30.0 Å². The highest BCUT2D eigenvalue weighted by atomic mass is 16.5. The number of rotatable bonds is 6. The second-order valence-electron chi connectivity index (χ2n) is 5.76. The van der Waals surface area contributed by atoms with Crippen molar-refractivity contribution >= 4 is 11.6 Å². The number of nitrogens with zero attached hydrogens (tertiary/aromatic N) is 4. The number of benzene rings is 1. The first kappa shape index (κ1) is 16.3. The Bertz CT molecular complexity index is 799. The number of aliphatic hydroxyl groups excluding tert-OH is 1. The second kappa shape index (κ2) is 6.50. The number of likely N-dealkylation sites (N-methyl/N-ethyl adjacent to an activating group) is 1. The summed E-state index contributed by atoms with van der Waals surface area (Å²) in [6.07, 6.45) is 0.588. The molecular weight excluding hydrogens is 312 g/mol. The molecule has 0 atom stereocenters. The Balaban J connectivity index is 1.88. The van der Waals surface area contributed by atoms with E-state index in [9.17, 15) is 14.8 Å². The predicted octanol–water partition coefficient (Wildman–Crippen LogP) is -0.394. The molecule has 0 spiro atoms. The predicted molar refractivity (Wildman–Crippen MR) is 83.7 cm³/mol. The Kier molecular flexibility index (Phi) is 4.41. The Labute approximate surface area is 138 Å². The van der Waals surface area contributed by atoms with E-state index in [0.717, 1.165) is 0 Å². The standard InChI is InChI=1S/C16H18N4O4/c1-18(9-10-21)7-4-8-19-14-13(17-20(19)24)15(22)11-5-2-3-6-12(11)16(14)23/h2-3,5-6,21H,4,7-10H2,1H3. The van der Waals surface area contributed by atoms with Gasteiger partial charge in [0.15, 0.2) is 5.69 Å². The van der Waals surface area contributed by atoms with Crippen LogP contribution in [0.1, 0.15) is 38.5 Å². The van der Waals surface area contributed by atoms with E-state index < -0.39 is 5.78 Å². The first-order chi connectivity index (χ1) is 11.5. The molecule has 0 saturated heterocycles. The smallest absolute Gasteiger partial charge is 0.220 e. The van der Waals surface area contributed by atoms with E-state index in [1.165, 1.54) is 4.68 Å². The average Bonchev–Trinajstić information content (AvgIpc) is 2.90. The Morgan fingerprint density at radius 3 is 2.54 bits per heavy atom. The molecule has 1 heterocycles. The van der Waals surface area contributed by atoms with E-state index in [1.54, 1.807) is 24.3 Å². The van der Waals surface area contributed by atoms with Gasteiger partial charge < -0.3 is 15.2 Å². The molecule has 1 aliphatic carbocycles. The molecule has 0 radical (unpaired) electrons. The molecule has 0 fully saturated rings. The van der Waals surface area contributed by atoms with Gasteiger partial charge in [-0.1, -0.05) is 24.3 Å². The van der Waals surface area contributed by atoms with Gasteiger partial charge in [0.1, 0.15) is 0 Å². The van der Waals surface area contributed by atoms with Gasteiger partial charge in [-0.05, 0) is 20.0 Å². The molecule has 24 heavy (non-hydrogen) atoms. The highest BCUT2D eigenvalue weighted by Gasteiger charge is 2.38. The van der Waals surface area contributed by atoms with Crippen molar-refractivity contribution in [2.75, 3.05) is 26.7 Å². The zero-order valence-electron chi connectivity index (χ0n) is 13.3. The number of ketones is 2. The summed E-state index contributed by atoms with van der Waals surface area (Å²) in [6.45, 7) is 1.50. The van der Waals surface area contributed by atoms with E-state index in [2.05, 4.69) is 5.10 Å². The van der Waals surface area contributed by atoms with Crippen molar-refractivity contribution in [3.05, 3.63) is 52.0 Å². The number of carbonyl (C=O) groups is 2. The molecule has 8 heteroatoms. The lowest BCUT2D eigenvalue weighted by Gasteiger charge is -2.15. The van der Waals surface area contributed by atoms with Crippen LogP contribution in [0.2, 0.25) is 0 Å². The fourth-order valence-electron chi connectivity index (χ4n) is 2.88. The Morgan fingerprint density at radius 2 is 1.88 bits per heavy atom. The van der Waals surface area contributed by atoms with Crippen molar-refractivity contribution in [3.63, 3.8) is 0 Å². The first-order valence-electron chi connectivity index (χ1n) is 7.73. The lowest BCUT2D eigenvalue weighted by molar-refractivity contribution is -0.749. The summed E-state index contributed by atoms with van der Waals surface area (Å²) in [5.41, 5.74) is 0.549. The number of aliphatic hydroxyl groups is 1. The molecule has 0 unspecified atom stereocenters. The summed E-state index contributed by atoms with van der Waals surface area (Å²) in [6, 6.07) is 6.51. The third-order valence-electron chi connectivity index (χ3n) is 4.11. The molecule has 2 aromatic rings. The van der Waals surface area contributed by atoms with Gasteiger partial charge >= 0.3 is 0 Å². The van der Waals surface area contributed by atoms with Crippen LogP contribution in [0.25, 0.3) is 0 Å². The van der Waals surface area contributed by atoms with Gasteiger partial charge in [0, 0.05) is 27.7 Å². The second-order valence-corrected chi connectivity index (χ2v) is 5.76. The number of hydrogen-bond donors (Lipinski definition) is 1. The van der Waals surface area contributed by atoms with Crippen LogP contribution in [0, 0.1) is 5.21 Å². The maximum absolute atomic E-state index is 12.7. The minimum absolute atomic E-state index is 0.0542. The average molecular weight is 330 g/mol. The van der Waals surface area contributed by atoms with Gasteiger partial charge in [0.2, 0.25) is 17.3 Å². The summed E-state index contributed by atoms with van der Waals surface area (Å²) in [4.78, 5) is 27.4. The van der Waals surface area contributed by atoms with Gasteiger partial charge in [-0.15, -0.1) is 4.68 Å². The molecule has 3 rings (SSSR count). The van der Waals surface area contributed by atoms with Gasteiger partial charge in [0.25, 0.3) is 0 Å². The van der Waals surface area contributed by atoms with Gasteiger partial charge in [-0.25, -0.2) is 0 Å². The Morgan fingerprint density at radius 1 is 1.21 bits per heavy atom. The largest absolute Gasteiger partial charge is 0.571 e. The SMILES string of the molecule is CN(CCO)CCCn1c2c(n[n+]1[O-])C(=O)c1ccccc1C2=O. The third-order valence-corrected chi connectivity index (χ3v) is 4.11. The van der Waals surface area contributed by atoms with Crippen molar-refractivity contribution in [1.82, 2.24) is 14.7 Å². The van der Waals surface area contributed by atoms with E-state index in [-0.39, 0.29) is 35.9 Å². The highest BCUT2D eigenvalue weighted by Crippen LogP contribution is 2.25. The zero-order valence-corrected chi connectivity index (χ0v) is 13.3. The summed E-state index contributed by atoms with van der Waals surface area (Å²) in [7, 11) is 1.86. The zero-order chi connectivity index (χ0) is 17.3. The Hall–Kier alpha value is -2.58. The quantitative estimate of drug-likeness (QED) is 0.488. The molecule has 8 nitrogen and oxygen atoms in total. The normalized spacial score (nSPS) is 13.3. The lowest BCUT2D eigenvalue weighted by atomic mass is 9.90. The topological polar surface area (TPSA) is 102 Å². The van der Waals surface area contributed by atoms with Crippen LogP contribution in [0.3, 0.4) is 0 Å². The van der Waals surface area contributed by atoms with Gasteiger partial charge in [-0.3, -0.25) is 9.59 Å². The van der Waals surface area contributed by atoms with Crippen LogP contribution in [0.15, 0.2) is 24.3 Å². The van der Waals surface area contributed by atoms with Crippen LogP contribution < -0.4 is 4.96 Å². The molecule has 1 N–H and O–H groups in total. The van der Waals surface area contributed by atoms with E-state index in [1.807, 2.05) is 11.9 Å². The van der Waals surface area contributed by atoms with Crippen LogP contribution in [0.5, 0.6) is 0 Å². The molecule has 0 aliphatic heterocycles. The maximum Gasteiger partial charge on any atom is 0.220 e. The fourth-order valence-corrected chi connectivity index (χ4v) is 2.88. The summed E-state index contributed by atoms with van der Waals surface area (Å²) >= 11 is 0. The van der Waals surface area contributed by atoms with Crippen LogP contribution >= 0.6 is 0 Å². The summed E-state index contributed by atoms with van der Waals surface area (Å²) < 4.78 is 1.21. The maximum atomic E-state index is 12.7. The first-order valence-corrected chi connectivity index (χ1v) is 7.73. The number of hydrogen-bond acceptors (Lipinski definition) is 6. The molecule has 126 valence electrons. The fraction of sp³-hybridized carbons (Fsp3) is 0.375. The van der Waals surface area contributed by atoms with Crippen molar-refractivity contribution in [2.24, 2.45) is 0 Å². The van der Waals surface area contributed by atoms with E-state index >= 15 is 0 Å². The lowest BCUT2D eigenvalue weighted by Crippen LogP contribution is -2.41. The summed E-state index contributed by atoms with van der Waals surface area (Å²) in [5, 5.41) is 24.7. The molecule has 0 bridgehead atoms. The number of fused-ring (bicyclic) bond motifs is 2.